The topological polar surface area (TPSA) is 41.6 Å². The standard InChI is InChI=1S/C15H27N3/c1-11-6-14(2,3)9-15(7-11)10-17-13(16)18(15)8-12-4-5-12/h11-12H,4-10H2,1-3H3,(H2,16,17). The van der Waals surface area contributed by atoms with Crippen LogP contribution in [-0.4, -0.2) is 29.5 Å². The highest BCUT2D eigenvalue weighted by Crippen LogP contribution is 2.49. The molecule has 1 spiro atoms. The van der Waals surface area contributed by atoms with Crippen molar-refractivity contribution >= 4 is 5.96 Å². The van der Waals surface area contributed by atoms with Gasteiger partial charge < -0.3 is 10.6 Å². The van der Waals surface area contributed by atoms with E-state index in [0.717, 1.165) is 30.9 Å². The molecule has 1 heterocycles. The van der Waals surface area contributed by atoms with Crippen molar-refractivity contribution in [3.63, 3.8) is 0 Å². The van der Waals surface area contributed by atoms with E-state index in [1.54, 1.807) is 0 Å². The van der Waals surface area contributed by atoms with Crippen LogP contribution >= 0.6 is 0 Å². The third kappa shape index (κ3) is 2.12. The van der Waals surface area contributed by atoms with Crippen molar-refractivity contribution in [2.75, 3.05) is 13.1 Å². The van der Waals surface area contributed by atoms with Crippen LogP contribution in [0.5, 0.6) is 0 Å². The van der Waals surface area contributed by atoms with E-state index in [1.165, 1.54) is 32.1 Å². The quantitative estimate of drug-likeness (QED) is 0.817. The maximum atomic E-state index is 6.17. The smallest absolute Gasteiger partial charge is 0.191 e. The number of guanidine groups is 1. The molecule has 2 N–H and O–H groups in total. The number of rotatable bonds is 2. The fourth-order valence-corrected chi connectivity index (χ4v) is 4.51. The normalized spacial score (nSPS) is 39.2. The Hall–Kier alpha value is -0.730. The second-order valence-electron chi connectivity index (χ2n) is 7.81. The summed E-state index contributed by atoms with van der Waals surface area (Å²) in [7, 11) is 0. The number of aliphatic imine (C=N–C) groups is 1. The Morgan fingerprint density at radius 2 is 2.06 bits per heavy atom. The summed E-state index contributed by atoms with van der Waals surface area (Å²) < 4.78 is 0. The van der Waals surface area contributed by atoms with Crippen LogP contribution in [0.1, 0.15) is 52.9 Å². The van der Waals surface area contributed by atoms with Crippen LogP contribution in [0.2, 0.25) is 0 Å². The Labute approximate surface area is 111 Å². The van der Waals surface area contributed by atoms with E-state index in [4.69, 9.17) is 5.73 Å². The van der Waals surface area contributed by atoms with Gasteiger partial charge in [0, 0.05) is 6.54 Å². The van der Waals surface area contributed by atoms with Gasteiger partial charge in [-0.3, -0.25) is 4.99 Å². The van der Waals surface area contributed by atoms with Crippen molar-refractivity contribution in [2.45, 2.75) is 58.4 Å². The van der Waals surface area contributed by atoms with Gasteiger partial charge in [-0.1, -0.05) is 20.8 Å². The van der Waals surface area contributed by atoms with Crippen LogP contribution in [0.25, 0.3) is 0 Å². The summed E-state index contributed by atoms with van der Waals surface area (Å²) in [6.07, 6.45) is 6.64. The molecular formula is C15H27N3. The summed E-state index contributed by atoms with van der Waals surface area (Å²) in [5.41, 5.74) is 6.84. The fourth-order valence-electron chi connectivity index (χ4n) is 4.51. The molecule has 2 fully saturated rings. The average Bonchev–Trinajstić information content (AvgIpc) is 2.98. The lowest BCUT2D eigenvalue weighted by molar-refractivity contribution is 0.0360. The Kier molecular flexibility index (Phi) is 2.65. The lowest BCUT2D eigenvalue weighted by atomic mass is 9.64. The van der Waals surface area contributed by atoms with Gasteiger partial charge in [-0.15, -0.1) is 0 Å². The van der Waals surface area contributed by atoms with Gasteiger partial charge in [0.15, 0.2) is 5.96 Å². The molecule has 0 aromatic heterocycles. The van der Waals surface area contributed by atoms with E-state index in [1.807, 2.05) is 0 Å². The zero-order valence-corrected chi connectivity index (χ0v) is 12.1. The summed E-state index contributed by atoms with van der Waals surface area (Å²) >= 11 is 0. The molecular weight excluding hydrogens is 222 g/mol. The van der Waals surface area contributed by atoms with E-state index in [-0.39, 0.29) is 5.54 Å². The molecule has 3 nitrogen and oxygen atoms in total. The van der Waals surface area contributed by atoms with Crippen molar-refractivity contribution < 1.29 is 0 Å². The highest BCUT2D eigenvalue weighted by molar-refractivity contribution is 5.81. The summed E-state index contributed by atoms with van der Waals surface area (Å²) in [5.74, 6) is 2.48. The van der Waals surface area contributed by atoms with Crippen molar-refractivity contribution in [1.29, 1.82) is 0 Å². The van der Waals surface area contributed by atoms with Crippen LogP contribution in [0.15, 0.2) is 4.99 Å². The Bertz CT molecular complexity index is 370. The van der Waals surface area contributed by atoms with Crippen molar-refractivity contribution in [2.24, 2.45) is 28.0 Å². The summed E-state index contributed by atoms with van der Waals surface area (Å²) in [4.78, 5) is 7.07. The maximum absolute atomic E-state index is 6.17. The molecule has 1 aliphatic heterocycles. The van der Waals surface area contributed by atoms with Gasteiger partial charge in [0.2, 0.25) is 0 Å². The van der Waals surface area contributed by atoms with Gasteiger partial charge in [-0.2, -0.15) is 0 Å². The molecule has 3 heteroatoms. The third-order valence-electron chi connectivity index (χ3n) is 4.96. The first-order valence-corrected chi connectivity index (χ1v) is 7.48. The molecule has 0 saturated heterocycles. The Balaban J connectivity index is 1.83. The van der Waals surface area contributed by atoms with Gasteiger partial charge in [0.05, 0.1) is 12.1 Å². The maximum Gasteiger partial charge on any atom is 0.191 e. The highest BCUT2D eigenvalue weighted by Gasteiger charge is 2.50. The molecule has 0 radical (unpaired) electrons. The van der Waals surface area contributed by atoms with Crippen molar-refractivity contribution in [3.8, 4) is 0 Å². The first kappa shape index (κ1) is 12.3. The molecule has 2 atom stereocenters. The average molecular weight is 249 g/mol. The zero-order chi connectivity index (χ0) is 13.0. The largest absolute Gasteiger partial charge is 0.370 e. The van der Waals surface area contributed by atoms with E-state index >= 15 is 0 Å². The fraction of sp³-hybridized carbons (Fsp3) is 0.933. The number of hydrogen-bond acceptors (Lipinski definition) is 3. The minimum Gasteiger partial charge on any atom is -0.370 e. The predicted molar refractivity (Wildman–Crippen MR) is 75.4 cm³/mol. The number of nitrogens with zero attached hydrogens (tertiary/aromatic N) is 2. The summed E-state index contributed by atoms with van der Waals surface area (Å²) in [6, 6.07) is 0. The van der Waals surface area contributed by atoms with Gasteiger partial charge in [-0.25, -0.2) is 0 Å². The summed E-state index contributed by atoms with van der Waals surface area (Å²) in [5, 5.41) is 0. The molecule has 3 aliphatic rings. The number of hydrogen-bond donors (Lipinski definition) is 1. The monoisotopic (exact) mass is 249 g/mol. The molecule has 0 amide bonds. The van der Waals surface area contributed by atoms with E-state index < -0.39 is 0 Å². The SMILES string of the molecule is CC1CC(C)(C)CC2(CN=C(N)N2CC2CC2)C1. The molecule has 3 rings (SSSR count). The summed E-state index contributed by atoms with van der Waals surface area (Å²) in [6.45, 7) is 9.30. The first-order chi connectivity index (χ1) is 8.40. The van der Waals surface area contributed by atoms with Crippen LogP contribution < -0.4 is 5.73 Å². The first-order valence-electron chi connectivity index (χ1n) is 7.48. The molecule has 2 saturated carbocycles. The lowest BCUT2D eigenvalue weighted by Crippen LogP contribution is -2.57. The second-order valence-corrected chi connectivity index (χ2v) is 7.81. The van der Waals surface area contributed by atoms with Crippen molar-refractivity contribution in [1.82, 2.24) is 4.90 Å². The molecule has 2 unspecified atom stereocenters. The van der Waals surface area contributed by atoms with E-state index in [0.29, 0.717) is 5.41 Å². The molecule has 0 aromatic rings. The predicted octanol–water partition coefficient (Wildman–Crippen LogP) is 2.61. The van der Waals surface area contributed by atoms with Crippen LogP contribution in [0.4, 0.5) is 0 Å². The van der Waals surface area contributed by atoms with Crippen LogP contribution in [0.3, 0.4) is 0 Å². The second kappa shape index (κ2) is 3.88. The third-order valence-corrected chi connectivity index (χ3v) is 4.96. The lowest BCUT2D eigenvalue weighted by Gasteiger charge is -2.50. The zero-order valence-electron chi connectivity index (χ0n) is 12.1. The van der Waals surface area contributed by atoms with Gasteiger partial charge >= 0.3 is 0 Å². The van der Waals surface area contributed by atoms with E-state index in [9.17, 15) is 0 Å². The Morgan fingerprint density at radius 1 is 1.33 bits per heavy atom. The minimum atomic E-state index is 0.244. The minimum absolute atomic E-state index is 0.244. The van der Waals surface area contributed by atoms with Gasteiger partial charge in [-0.05, 0) is 49.4 Å². The molecule has 102 valence electrons. The van der Waals surface area contributed by atoms with Crippen LogP contribution in [0, 0.1) is 17.3 Å². The highest BCUT2D eigenvalue weighted by atomic mass is 15.4. The van der Waals surface area contributed by atoms with Gasteiger partial charge in [0.25, 0.3) is 0 Å². The Morgan fingerprint density at radius 3 is 2.67 bits per heavy atom. The van der Waals surface area contributed by atoms with Gasteiger partial charge in [0.1, 0.15) is 0 Å². The van der Waals surface area contributed by atoms with Crippen molar-refractivity contribution in [3.05, 3.63) is 0 Å². The van der Waals surface area contributed by atoms with Crippen LogP contribution in [-0.2, 0) is 0 Å². The molecule has 2 aliphatic carbocycles. The molecule has 0 bridgehead atoms. The molecule has 0 aromatic carbocycles. The number of nitrogens with two attached hydrogens (primary N) is 1. The van der Waals surface area contributed by atoms with E-state index in [2.05, 4.69) is 30.7 Å². The molecule has 18 heavy (non-hydrogen) atoms.